The molecule has 0 spiro atoms. The molecule has 0 fully saturated rings. The van der Waals surface area contributed by atoms with Crippen LogP contribution >= 0.6 is 0 Å². The fourth-order valence-corrected chi connectivity index (χ4v) is 2.62. The summed E-state index contributed by atoms with van der Waals surface area (Å²) < 4.78 is 11.0. The summed E-state index contributed by atoms with van der Waals surface area (Å²) in [5.41, 5.74) is 0. The molecule has 0 aromatic heterocycles. The summed E-state index contributed by atoms with van der Waals surface area (Å²) >= 11 is 0. The molecule has 0 saturated heterocycles. The van der Waals surface area contributed by atoms with Crippen LogP contribution in [0.4, 0.5) is 0 Å². The van der Waals surface area contributed by atoms with Gasteiger partial charge in [-0.2, -0.15) is 0 Å². The van der Waals surface area contributed by atoms with Crippen LogP contribution in [0.5, 0.6) is 11.5 Å². The predicted octanol–water partition coefficient (Wildman–Crippen LogP) is 2.71. The summed E-state index contributed by atoms with van der Waals surface area (Å²) in [6.07, 6.45) is 0. The van der Waals surface area contributed by atoms with Crippen molar-refractivity contribution in [2.24, 2.45) is 0 Å². The summed E-state index contributed by atoms with van der Waals surface area (Å²) in [6.45, 7) is 1.59. The smallest absolute Gasteiger partial charge is 0.492 e. The van der Waals surface area contributed by atoms with E-state index in [1.54, 1.807) is 30.8 Å². The van der Waals surface area contributed by atoms with Crippen LogP contribution in [-0.2, 0) is 0 Å². The zero-order valence-corrected chi connectivity index (χ0v) is 10.5. The number of hydrogen-bond donors (Lipinski definition) is 1. The highest BCUT2D eigenvalue weighted by Crippen LogP contribution is 2.18. The van der Waals surface area contributed by atoms with E-state index in [4.69, 9.17) is 8.85 Å². The first-order valence-electron chi connectivity index (χ1n) is 5.36. The van der Waals surface area contributed by atoms with Crippen LogP contribution in [0, 0.1) is 0 Å². The molecule has 0 amide bonds. The second-order valence-corrected chi connectivity index (χ2v) is 5.93. The molecule has 0 aliphatic heterocycles. The van der Waals surface area contributed by atoms with Crippen molar-refractivity contribution in [2.75, 3.05) is 0 Å². The van der Waals surface area contributed by atoms with Gasteiger partial charge in [-0.05, 0) is 24.3 Å². The van der Waals surface area contributed by atoms with Gasteiger partial charge in [0, 0.05) is 6.55 Å². The van der Waals surface area contributed by atoms with Crippen molar-refractivity contribution in [1.82, 2.24) is 0 Å². The molecule has 88 valence electrons. The van der Waals surface area contributed by atoms with Crippen molar-refractivity contribution in [2.45, 2.75) is 6.55 Å². The van der Waals surface area contributed by atoms with Crippen LogP contribution in [0.2, 0.25) is 6.55 Å². The Hall–Kier alpha value is -1.78. The van der Waals surface area contributed by atoms with Gasteiger partial charge in [-0.15, -0.1) is 0 Å². The lowest BCUT2D eigenvalue weighted by molar-refractivity contribution is 0.261. The summed E-state index contributed by atoms with van der Waals surface area (Å²) in [5.74, 6) is 1.22. The largest absolute Gasteiger partial charge is 0.626 e. The molecule has 0 aliphatic carbocycles. The fraction of sp³-hybridized carbons (Fsp3) is 0.0769. The van der Waals surface area contributed by atoms with Crippen molar-refractivity contribution in [3.63, 3.8) is 0 Å². The number of benzene rings is 2. The molecule has 17 heavy (non-hydrogen) atoms. The Labute approximate surface area is 102 Å². The molecule has 0 radical (unpaired) electrons. The maximum atomic E-state index is 10.1. The van der Waals surface area contributed by atoms with Gasteiger partial charge in [0.25, 0.3) is 0 Å². The number of hydrogen-bond acceptors (Lipinski definition) is 3. The SMILES string of the molecule is C[Si](O)(Oc1ccccc1)Oc1ccccc1. The van der Waals surface area contributed by atoms with Crippen LogP contribution < -0.4 is 8.85 Å². The number of rotatable bonds is 4. The fourth-order valence-electron chi connectivity index (χ4n) is 1.44. The van der Waals surface area contributed by atoms with E-state index in [0.29, 0.717) is 11.5 Å². The molecule has 2 aromatic rings. The minimum Gasteiger partial charge on any atom is -0.492 e. The quantitative estimate of drug-likeness (QED) is 0.843. The van der Waals surface area contributed by atoms with Gasteiger partial charge in [0.05, 0.1) is 0 Å². The average molecular weight is 246 g/mol. The summed E-state index contributed by atoms with van der Waals surface area (Å²) in [5, 5.41) is 0. The highest BCUT2D eigenvalue weighted by molar-refractivity contribution is 6.59. The zero-order valence-electron chi connectivity index (χ0n) is 9.54. The molecule has 2 aromatic carbocycles. The van der Waals surface area contributed by atoms with Crippen molar-refractivity contribution in [3.05, 3.63) is 60.7 Å². The van der Waals surface area contributed by atoms with E-state index in [1.807, 2.05) is 36.4 Å². The molecular weight excluding hydrogens is 232 g/mol. The van der Waals surface area contributed by atoms with Crippen LogP contribution in [0.25, 0.3) is 0 Å². The third-order valence-electron chi connectivity index (χ3n) is 2.10. The summed E-state index contributed by atoms with van der Waals surface area (Å²) in [4.78, 5) is 10.1. The third-order valence-corrected chi connectivity index (χ3v) is 3.33. The lowest BCUT2D eigenvalue weighted by Gasteiger charge is -2.21. The molecule has 4 heteroatoms. The molecule has 0 unspecified atom stereocenters. The normalized spacial score (nSPS) is 10.9. The molecule has 2 rings (SSSR count). The van der Waals surface area contributed by atoms with Gasteiger partial charge in [-0.1, -0.05) is 36.4 Å². The first-order chi connectivity index (χ1) is 8.16. The van der Waals surface area contributed by atoms with Gasteiger partial charge in [0.15, 0.2) is 0 Å². The maximum absolute atomic E-state index is 10.1. The molecule has 0 bridgehead atoms. The molecule has 0 saturated carbocycles. The highest BCUT2D eigenvalue weighted by Gasteiger charge is 2.34. The second kappa shape index (κ2) is 5.03. The minimum atomic E-state index is -3.18. The van der Waals surface area contributed by atoms with Gasteiger partial charge < -0.3 is 13.6 Å². The topological polar surface area (TPSA) is 38.7 Å². The van der Waals surface area contributed by atoms with Crippen LogP contribution in [-0.4, -0.2) is 13.6 Å². The Bertz CT molecular complexity index is 413. The summed E-state index contributed by atoms with van der Waals surface area (Å²) in [7, 11) is -3.18. The van der Waals surface area contributed by atoms with Gasteiger partial charge in [0.2, 0.25) is 0 Å². The van der Waals surface area contributed by atoms with Crippen LogP contribution in [0.1, 0.15) is 0 Å². The van der Waals surface area contributed by atoms with E-state index in [9.17, 15) is 4.80 Å². The minimum absolute atomic E-state index is 0.611. The highest BCUT2D eigenvalue weighted by atomic mass is 28.4. The standard InChI is InChI=1S/C13H14O3Si/c1-17(14,15-12-8-4-2-5-9-12)16-13-10-6-3-7-11-13/h2-11,14H,1H3. The molecular formula is C13H14O3Si. The molecule has 1 N–H and O–H groups in total. The van der Waals surface area contributed by atoms with Crippen molar-refractivity contribution >= 4 is 8.80 Å². The summed E-state index contributed by atoms with van der Waals surface area (Å²) in [6, 6.07) is 18.3. The zero-order chi connectivity index (χ0) is 12.1. The van der Waals surface area contributed by atoms with Gasteiger partial charge >= 0.3 is 8.80 Å². The van der Waals surface area contributed by atoms with E-state index in [1.165, 1.54) is 0 Å². The Morgan fingerprint density at radius 1 is 0.765 bits per heavy atom. The van der Waals surface area contributed by atoms with Crippen LogP contribution in [0.3, 0.4) is 0 Å². The molecule has 0 aliphatic rings. The van der Waals surface area contributed by atoms with E-state index in [0.717, 1.165) is 0 Å². The second-order valence-electron chi connectivity index (χ2n) is 3.73. The van der Waals surface area contributed by atoms with Crippen molar-refractivity contribution in [1.29, 1.82) is 0 Å². The van der Waals surface area contributed by atoms with Crippen molar-refractivity contribution < 1.29 is 13.6 Å². The molecule has 0 atom stereocenters. The Kier molecular flexibility index (Phi) is 3.46. The van der Waals surface area contributed by atoms with E-state index >= 15 is 0 Å². The lowest BCUT2D eigenvalue weighted by atomic mass is 10.3. The lowest BCUT2D eigenvalue weighted by Crippen LogP contribution is -2.45. The van der Waals surface area contributed by atoms with Crippen molar-refractivity contribution in [3.8, 4) is 11.5 Å². The Morgan fingerprint density at radius 2 is 1.12 bits per heavy atom. The number of para-hydroxylation sites is 2. The Morgan fingerprint density at radius 3 is 1.47 bits per heavy atom. The van der Waals surface area contributed by atoms with Crippen LogP contribution in [0.15, 0.2) is 60.7 Å². The predicted molar refractivity (Wildman–Crippen MR) is 68.0 cm³/mol. The first-order valence-corrected chi connectivity index (χ1v) is 7.63. The van der Waals surface area contributed by atoms with Gasteiger partial charge in [-0.3, -0.25) is 0 Å². The van der Waals surface area contributed by atoms with E-state index in [2.05, 4.69) is 0 Å². The third kappa shape index (κ3) is 3.62. The average Bonchev–Trinajstić information content (AvgIpc) is 2.30. The first kappa shape index (κ1) is 11.7. The Balaban J connectivity index is 2.04. The molecule has 3 nitrogen and oxygen atoms in total. The monoisotopic (exact) mass is 246 g/mol. The van der Waals surface area contributed by atoms with Gasteiger partial charge in [0.1, 0.15) is 11.5 Å². The van der Waals surface area contributed by atoms with E-state index in [-0.39, 0.29) is 0 Å². The molecule has 0 heterocycles. The van der Waals surface area contributed by atoms with Gasteiger partial charge in [-0.25, -0.2) is 0 Å². The maximum Gasteiger partial charge on any atom is 0.626 e. The van der Waals surface area contributed by atoms with E-state index < -0.39 is 8.80 Å².